The summed E-state index contributed by atoms with van der Waals surface area (Å²) in [5, 5.41) is 0. The van der Waals surface area contributed by atoms with Crippen LogP contribution in [-0.2, 0) is 4.74 Å². The molecule has 0 amide bonds. The molecule has 0 saturated heterocycles. The van der Waals surface area contributed by atoms with Crippen LogP contribution < -0.4 is 0 Å². The summed E-state index contributed by atoms with van der Waals surface area (Å²) in [6.45, 7) is 7.39. The molecule has 1 heterocycles. The molecule has 0 aromatic rings. The zero-order chi connectivity index (χ0) is 20.1. The van der Waals surface area contributed by atoms with E-state index in [1.807, 2.05) is 0 Å². The van der Waals surface area contributed by atoms with Crippen molar-refractivity contribution in [1.29, 1.82) is 0 Å². The van der Waals surface area contributed by atoms with Crippen molar-refractivity contribution >= 4 is 5.90 Å². The van der Waals surface area contributed by atoms with Gasteiger partial charge in [0.2, 0.25) is 0 Å². The Balaban J connectivity index is 1.42. The average Bonchev–Trinajstić information content (AvgIpc) is 3.25. The zero-order valence-corrected chi connectivity index (χ0v) is 19.4. The van der Waals surface area contributed by atoms with E-state index in [0.29, 0.717) is 0 Å². The molecule has 0 spiro atoms. The SMILES string of the molecule is CCCCCCCCCC1CCCC1CCCCCCCC1=NC(C)(C)CO1. The van der Waals surface area contributed by atoms with Crippen LogP contribution in [0.3, 0.4) is 0 Å². The number of rotatable bonds is 16. The largest absolute Gasteiger partial charge is 0.478 e. The van der Waals surface area contributed by atoms with Gasteiger partial charge in [0, 0.05) is 6.42 Å². The van der Waals surface area contributed by atoms with Crippen molar-refractivity contribution in [2.45, 2.75) is 142 Å². The third kappa shape index (κ3) is 9.79. The van der Waals surface area contributed by atoms with E-state index < -0.39 is 0 Å². The van der Waals surface area contributed by atoms with E-state index >= 15 is 0 Å². The van der Waals surface area contributed by atoms with Crippen molar-refractivity contribution in [2.75, 3.05) is 6.61 Å². The first-order valence-electron chi connectivity index (χ1n) is 12.8. The Hall–Kier alpha value is -0.530. The Morgan fingerprint density at radius 3 is 1.86 bits per heavy atom. The molecule has 1 fully saturated rings. The van der Waals surface area contributed by atoms with Crippen LogP contribution in [0.25, 0.3) is 0 Å². The average molecular weight is 392 g/mol. The highest BCUT2D eigenvalue weighted by Gasteiger charge is 2.26. The van der Waals surface area contributed by atoms with E-state index in [-0.39, 0.29) is 5.54 Å². The van der Waals surface area contributed by atoms with Crippen LogP contribution in [0.15, 0.2) is 4.99 Å². The lowest BCUT2D eigenvalue weighted by atomic mass is 9.86. The molecule has 2 aliphatic rings. The highest BCUT2D eigenvalue weighted by atomic mass is 16.5. The minimum atomic E-state index is 0.0161. The van der Waals surface area contributed by atoms with Gasteiger partial charge in [-0.2, -0.15) is 0 Å². The highest BCUT2D eigenvalue weighted by molar-refractivity contribution is 5.78. The second kappa shape index (κ2) is 13.6. The first-order valence-corrected chi connectivity index (χ1v) is 12.8. The summed E-state index contributed by atoms with van der Waals surface area (Å²) >= 11 is 0. The van der Waals surface area contributed by atoms with Gasteiger partial charge in [0.25, 0.3) is 0 Å². The maximum absolute atomic E-state index is 5.69. The van der Waals surface area contributed by atoms with Crippen LogP contribution >= 0.6 is 0 Å². The summed E-state index contributed by atoms with van der Waals surface area (Å²) in [5.41, 5.74) is 0.0161. The fraction of sp³-hybridized carbons (Fsp3) is 0.962. The van der Waals surface area contributed by atoms with Crippen molar-refractivity contribution in [3.05, 3.63) is 0 Å². The van der Waals surface area contributed by atoms with Crippen LogP contribution in [-0.4, -0.2) is 18.0 Å². The molecule has 164 valence electrons. The summed E-state index contributed by atoms with van der Waals surface area (Å²) < 4.78 is 5.69. The summed E-state index contributed by atoms with van der Waals surface area (Å²) in [5.74, 6) is 3.13. The molecule has 0 radical (unpaired) electrons. The quantitative estimate of drug-likeness (QED) is 0.242. The third-order valence-corrected chi connectivity index (χ3v) is 6.98. The minimum Gasteiger partial charge on any atom is -0.478 e. The first-order chi connectivity index (χ1) is 13.6. The van der Waals surface area contributed by atoms with Gasteiger partial charge in [-0.3, -0.25) is 0 Å². The maximum atomic E-state index is 5.69. The number of unbranched alkanes of at least 4 members (excludes halogenated alkanes) is 10. The highest BCUT2D eigenvalue weighted by Crippen LogP contribution is 2.38. The van der Waals surface area contributed by atoms with Crippen LogP contribution in [0.5, 0.6) is 0 Å². The smallest absolute Gasteiger partial charge is 0.183 e. The van der Waals surface area contributed by atoms with Crippen LogP contribution in [0.1, 0.15) is 136 Å². The molecule has 1 saturated carbocycles. The normalized spacial score (nSPS) is 23.8. The van der Waals surface area contributed by atoms with Crippen molar-refractivity contribution in [2.24, 2.45) is 16.8 Å². The Morgan fingerprint density at radius 2 is 1.32 bits per heavy atom. The number of hydrogen-bond donors (Lipinski definition) is 0. The molecular weight excluding hydrogens is 342 g/mol. The van der Waals surface area contributed by atoms with Crippen molar-refractivity contribution < 1.29 is 4.74 Å². The summed E-state index contributed by atoms with van der Waals surface area (Å²) in [6.07, 6.45) is 25.7. The Bertz CT molecular complexity index is 428. The lowest BCUT2D eigenvalue weighted by Crippen LogP contribution is -2.17. The molecule has 0 aromatic carbocycles. The fourth-order valence-electron chi connectivity index (χ4n) is 5.24. The van der Waals surface area contributed by atoms with Gasteiger partial charge in [-0.1, -0.05) is 110 Å². The van der Waals surface area contributed by atoms with Gasteiger partial charge < -0.3 is 4.74 Å². The Labute approximate surface area is 176 Å². The fourth-order valence-corrected chi connectivity index (χ4v) is 5.24. The number of hydrogen-bond acceptors (Lipinski definition) is 2. The minimum absolute atomic E-state index is 0.0161. The molecular formula is C26H49NO. The predicted octanol–water partition coefficient (Wildman–Crippen LogP) is 8.48. The Kier molecular flexibility index (Phi) is 11.6. The number of nitrogens with zero attached hydrogens (tertiary/aromatic N) is 1. The topological polar surface area (TPSA) is 21.6 Å². The van der Waals surface area contributed by atoms with Crippen molar-refractivity contribution in [3.8, 4) is 0 Å². The van der Waals surface area contributed by atoms with Gasteiger partial charge in [0.15, 0.2) is 5.90 Å². The van der Waals surface area contributed by atoms with E-state index in [2.05, 4.69) is 25.8 Å². The molecule has 0 aromatic heterocycles. The molecule has 2 heteroatoms. The van der Waals surface area contributed by atoms with E-state index in [9.17, 15) is 0 Å². The zero-order valence-electron chi connectivity index (χ0n) is 19.4. The molecule has 1 aliphatic carbocycles. The van der Waals surface area contributed by atoms with Crippen LogP contribution in [0, 0.1) is 11.8 Å². The van der Waals surface area contributed by atoms with E-state index in [1.165, 1.54) is 109 Å². The van der Waals surface area contributed by atoms with E-state index in [1.54, 1.807) is 0 Å². The van der Waals surface area contributed by atoms with Gasteiger partial charge in [-0.05, 0) is 32.1 Å². The molecule has 2 rings (SSSR count). The second-order valence-corrected chi connectivity index (χ2v) is 10.3. The number of ether oxygens (including phenoxy) is 1. The second-order valence-electron chi connectivity index (χ2n) is 10.3. The van der Waals surface area contributed by atoms with Gasteiger partial charge in [0.05, 0.1) is 5.54 Å². The predicted molar refractivity (Wildman–Crippen MR) is 123 cm³/mol. The monoisotopic (exact) mass is 391 g/mol. The van der Waals surface area contributed by atoms with Gasteiger partial charge in [0.1, 0.15) is 6.61 Å². The van der Waals surface area contributed by atoms with E-state index in [4.69, 9.17) is 4.74 Å². The molecule has 1 aliphatic heterocycles. The standard InChI is InChI=1S/C26H49NO/c1-4-5-6-7-8-10-13-17-23-19-16-20-24(23)18-14-11-9-12-15-21-25-27-26(2,3)22-28-25/h23-24H,4-22H2,1-3H3. The molecule has 0 N–H and O–H groups in total. The van der Waals surface area contributed by atoms with Gasteiger partial charge in [-0.15, -0.1) is 0 Å². The first kappa shape index (κ1) is 23.7. The molecule has 2 nitrogen and oxygen atoms in total. The third-order valence-electron chi connectivity index (χ3n) is 6.98. The summed E-state index contributed by atoms with van der Waals surface area (Å²) in [4.78, 5) is 4.66. The lowest BCUT2D eigenvalue weighted by Gasteiger charge is -2.19. The molecule has 28 heavy (non-hydrogen) atoms. The molecule has 2 atom stereocenters. The van der Waals surface area contributed by atoms with Crippen LogP contribution in [0.4, 0.5) is 0 Å². The molecule has 0 bridgehead atoms. The maximum Gasteiger partial charge on any atom is 0.183 e. The Morgan fingerprint density at radius 1 is 0.786 bits per heavy atom. The van der Waals surface area contributed by atoms with Gasteiger partial charge in [-0.25, -0.2) is 4.99 Å². The lowest BCUT2D eigenvalue weighted by molar-refractivity contribution is 0.273. The number of aliphatic imine (C=N–C) groups is 1. The summed E-state index contributed by atoms with van der Waals surface area (Å²) in [6, 6.07) is 0. The van der Waals surface area contributed by atoms with Gasteiger partial charge >= 0.3 is 0 Å². The van der Waals surface area contributed by atoms with Crippen molar-refractivity contribution in [3.63, 3.8) is 0 Å². The van der Waals surface area contributed by atoms with E-state index in [0.717, 1.165) is 30.8 Å². The molecule has 2 unspecified atom stereocenters. The van der Waals surface area contributed by atoms with Crippen LogP contribution in [0.2, 0.25) is 0 Å². The summed E-state index contributed by atoms with van der Waals surface area (Å²) in [7, 11) is 0. The van der Waals surface area contributed by atoms with Crippen molar-refractivity contribution in [1.82, 2.24) is 0 Å².